The maximum Gasteiger partial charge on any atom is 0.328 e. The van der Waals surface area contributed by atoms with E-state index in [1.807, 2.05) is 36.6 Å². The highest BCUT2D eigenvalue weighted by Gasteiger charge is 2.08. The maximum absolute atomic E-state index is 10.6. The lowest BCUT2D eigenvalue weighted by Gasteiger charge is -2.10. The van der Waals surface area contributed by atoms with Crippen molar-refractivity contribution in [2.45, 2.75) is 13.8 Å². The van der Waals surface area contributed by atoms with E-state index in [4.69, 9.17) is 5.11 Å². The topological polar surface area (TPSA) is 55.1 Å². The molecule has 0 aliphatic heterocycles. The summed E-state index contributed by atoms with van der Waals surface area (Å²) in [7, 11) is 0. The second-order valence-electron chi connectivity index (χ2n) is 4.16. The Hall–Kier alpha value is -1.88. The van der Waals surface area contributed by atoms with Gasteiger partial charge in [0.05, 0.1) is 17.7 Å². The normalized spacial score (nSPS) is 11.1. The van der Waals surface area contributed by atoms with E-state index in [-0.39, 0.29) is 0 Å². The molecule has 0 fully saturated rings. The lowest BCUT2D eigenvalue weighted by molar-refractivity contribution is -0.131. The molecule has 2 aromatic rings. The Morgan fingerprint density at radius 1 is 1.42 bits per heavy atom. The van der Waals surface area contributed by atoms with E-state index in [0.717, 1.165) is 33.2 Å². The highest BCUT2D eigenvalue weighted by molar-refractivity contribution is 9.10. The Morgan fingerprint density at radius 2 is 2.16 bits per heavy atom. The molecule has 0 spiro atoms. The average Bonchev–Trinajstić information content (AvgIpc) is 2.68. The van der Waals surface area contributed by atoms with Crippen LogP contribution in [0.3, 0.4) is 0 Å². The van der Waals surface area contributed by atoms with Crippen molar-refractivity contribution in [3.05, 3.63) is 52.0 Å². The molecule has 0 aliphatic rings. The zero-order chi connectivity index (χ0) is 14.0. The molecule has 0 aliphatic carbocycles. The number of carboxylic acids is 1. The molecule has 1 N–H and O–H groups in total. The van der Waals surface area contributed by atoms with Crippen LogP contribution < -0.4 is 0 Å². The van der Waals surface area contributed by atoms with Gasteiger partial charge in [-0.3, -0.25) is 0 Å². The van der Waals surface area contributed by atoms with Gasteiger partial charge in [0.25, 0.3) is 0 Å². The Morgan fingerprint density at radius 3 is 2.74 bits per heavy atom. The first-order chi connectivity index (χ1) is 8.99. The minimum Gasteiger partial charge on any atom is -0.478 e. The quantitative estimate of drug-likeness (QED) is 0.882. The Bertz CT molecular complexity index is 659. The van der Waals surface area contributed by atoms with Crippen LogP contribution in [0, 0.1) is 13.8 Å². The van der Waals surface area contributed by atoms with Crippen LogP contribution in [0.1, 0.15) is 17.0 Å². The number of aromatic nitrogens is 2. The number of rotatable bonds is 3. The van der Waals surface area contributed by atoms with Crippen molar-refractivity contribution in [1.82, 2.24) is 9.55 Å². The Kier molecular flexibility index (Phi) is 3.85. The lowest BCUT2D eigenvalue weighted by atomic mass is 10.1. The fourth-order valence-corrected chi connectivity index (χ4v) is 2.12. The van der Waals surface area contributed by atoms with E-state index in [0.29, 0.717) is 0 Å². The molecule has 5 heteroatoms. The van der Waals surface area contributed by atoms with E-state index in [2.05, 4.69) is 20.9 Å². The van der Waals surface area contributed by atoms with E-state index in [1.54, 1.807) is 12.4 Å². The first-order valence-electron chi connectivity index (χ1n) is 5.70. The molecule has 0 amide bonds. The van der Waals surface area contributed by atoms with Crippen molar-refractivity contribution in [2.75, 3.05) is 0 Å². The number of carbonyl (C=O) groups is 1. The number of nitrogens with zero attached hydrogens (tertiary/aromatic N) is 2. The second kappa shape index (κ2) is 5.40. The summed E-state index contributed by atoms with van der Waals surface area (Å²) in [4.78, 5) is 14.9. The molecule has 1 heterocycles. The number of benzene rings is 1. The first kappa shape index (κ1) is 13.5. The number of aryl methyl sites for hydroxylation is 1. The summed E-state index contributed by atoms with van der Waals surface area (Å²) in [6.45, 7) is 3.92. The standard InChI is InChI=1S/C14H13BrN2O2/c1-9-10(2)17(8-16-9)13-7-12(15)5-3-11(13)4-6-14(18)19/h3-8H,1-2H3,(H,18,19). The molecular formula is C14H13BrN2O2. The van der Waals surface area contributed by atoms with Crippen LogP contribution in [-0.4, -0.2) is 20.6 Å². The minimum atomic E-state index is -0.965. The number of halogens is 1. The fourth-order valence-electron chi connectivity index (χ4n) is 1.77. The predicted molar refractivity (Wildman–Crippen MR) is 77.4 cm³/mol. The summed E-state index contributed by atoms with van der Waals surface area (Å²) in [6.07, 6.45) is 4.45. The van der Waals surface area contributed by atoms with Crippen molar-refractivity contribution in [2.24, 2.45) is 0 Å². The zero-order valence-corrected chi connectivity index (χ0v) is 12.2. The minimum absolute atomic E-state index is 0.825. The van der Waals surface area contributed by atoms with Gasteiger partial charge in [-0.25, -0.2) is 9.78 Å². The van der Waals surface area contributed by atoms with Crippen LogP contribution in [0.4, 0.5) is 0 Å². The largest absolute Gasteiger partial charge is 0.478 e. The van der Waals surface area contributed by atoms with E-state index >= 15 is 0 Å². The Balaban J connectivity index is 2.58. The van der Waals surface area contributed by atoms with E-state index in [1.165, 1.54) is 0 Å². The fraction of sp³-hybridized carbons (Fsp3) is 0.143. The summed E-state index contributed by atoms with van der Waals surface area (Å²) >= 11 is 3.43. The molecule has 1 aromatic carbocycles. The van der Waals surface area contributed by atoms with Crippen LogP contribution in [-0.2, 0) is 4.79 Å². The number of aliphatic carboxylic acids is 1. The molecule has 0 radical (unpaired) electrons. The zero-order valence-electron chi connectivity index (χ0n) is 10.6. The third-order valence-corrected chi connectivity index (χ3v) is 3.40. The molecule has 19 heavy (non-hydrogen) atoms. The Labute approximate surface area is 119 Å². The lowest BCUT2D eigenvalue weighted by Crippen LogP contribution is -1.98. The van der Waals surface area contributed by atoms with E-state index < -0.39 is 5.97 Å². The van der Waals surface area contributed by atoms with Gasteiger partial charge in [0.15, 0.2) is 0 Å². The highest BCUT2D eigenvalue weighted by Crippen LogP contribution is 2.23. The molecule has 1 aromatic heterocycles. The number of carboxylic acid groups (broad SMARTS) is 1. The molecule has 0 unspecified atom stereocenters. The number of hydrogen-bond donors (Lipinski definition) is 1. The third-order valence-electron chi connectivity index (χ3n) is 2.91. The van der Waals surface area contributed by atoms with Crippen molar-refractivity contribution in [3.63, 3.8) is 0 Å². The van der Waals surface area contributed by atoms with Crippen molar-refractivity contribution in [3.8, 4) is 5.69 Å². The SMILES string of the molecule is Cc1ncn(-c2cc(Br)ccc2C=CC(=O)O)c1C. The van der Waals surface area contributed by atoms with Gasteiger partial charge < -0.3 is 9.67 Å². The smallest absolute Gasteiger partial charge is 0.328 e. The first-order valence-corrected chi connectivity index (χ1v) is 6.50. The summed E-state index contributed by atoms with van der Waals surface area (Å²) in [6, 6.07) is 5.69. The van der Waals surface area contributed by atoms with Crippen molar-refractivity contribution < 1.29 is 9.90 Å². The highest BCUT2D eigenvalue weighted by atomic mass is 79.9. The number of imidazole rings is 1. The van der Waals surface area contributed by atoms with Gasteiger partial charge in [-0.05, 0) is 37.6 Å². The molecule has 0 bridgehead atoms. The molecule has 0 saturated carbocycles. The predicted octanol–water partition coefficient (Wildman–Crippen LogP) is 3.35. The summed E-state index contributed by atoms with van der Waals surface area (Å²) in [5, 5.41) is 8.73. The molecule has 4 nitrogen and oxygen atoms in total. The van der Waals surface area contributed by atoms with Gasteiger partial charge in [0.1, 0.15) is 0 Å². The van der Waals surface area contributed by atoms with Crippen LogP contribution in [0.25, 0.3) is 11.8 Å². The van der Waals surface area contributed by atoms with E-state index in [9.17, 15) is 4.79 Å². The number of hydrogen-bond acceptors (Lipinski definition) is 2. The van der Waals surface area contributed by atoms with Crippen LogP contribution in [0.2, 0.25) is 0 Å². The monoisotopic (exact) mass is 320 g/mol. The third kappa shape index (κ3) is 2.93. The van der Waals surface area contributed by atoms with Crippen LogP contribution in [0.15, 0.2) is 35.1 Å². The molecule has 0 atom stereocenters. The van der Waals surface area contributed by atoms with Crippen LogP contribution in [0.5, 0.6) is 0 Å². The van der Waals surface area contributed by atoms with Gasteiger partial charge in [-0.2, -0.15) is 0 Å². The molecular weight excluding hydrogens is 308 g/mol. The summed E-state index contributed by atoms with van der Waals surface area (Å²) < 4.78 is 2.88. The average molecular weight is 321 g/mol. The van der Waals surface area contributed by atoms with Crippen molar-refractivity contribution >= 4 is 28.0 Å². The summed E-state index contributed by atoms with van der Waals surface area (Å²) in [5.74, 6) is -0.965. The van der Waals surface area contributed by atoms with Gasteiger partial charge >= 0.3 is 5.97 Å². The van der Waals surface area contributed by atoms with Gasteiger partial charge in [0, 0.05) is 16.2 Å². The van der Waals surface area contributed by atoms with Gasteiger partial charge in [0.2, 0.25) is 0 Å². The van der Waals surface area contributed by atoms with Gasteiger partial charge in [-0.1, -0.05) is 22.0 Å². The van der Waals surface area contributed by atoms with Crippen molar-refractivity contribution in [1.29, 1.82) is 0 Å². The molecule has 0 saturated heterocycles. The molecule has 2 rings (SSSR count). The molecule has 98 valence electrons. The maximum atomic E-state index is 10.6. The van der Waals surface area contributed by atoms with Crippen LogP contribution >= 0.6 is 15.9 Å². The summed E-state index contributed by atoms with van der Waals surface area (Å²) in [5.41, 5.74) is 3.70. The van der Waals surface area contributed by atoms with Gasteiger partial charge in [-0.15, -0.1) is 0 Å². The second-order valence-corrected chi connectivity index (χ2v) is 5.08.